The third-order valence-corrected chi connectivity index (χ3v) is 2.98. The van der Waals surface area contributed by atoms with Crippen LogP contribution in [0.4, 0.5) is 5.69 Å². The molecule has 7 heteroatoms. The molecule has 0 aliphatic carbocycles. The Morgan fingerprint density at radius 1 is 1.52 bits per heavy atom. The van der Waals surface area contributed by atoms with Crippen molar-refractivity contribution in [3.63, 3.8) is 0 Å². The lowest BCUT2D eigenvalue weighted by molar-refractivity contribution is -0.385. The Bertz CT molecular complexity index is 504. The van der Waals surface area contributed by atoms with E-state index in [1.165, 1.54) is 6.07 Å². The first-order valence-electron chi connectivity index (χ1n) is 6.80. The molecule has 0 aromatic heterocycles. The number of carboxylic acid groups (broad SMARTS) is 1. The zero-order chi connectivity index (χ0) is 15.8. The largest absolute Gasteiger partial charge is 0.487 e. The van der Waals surface area contributed by atoms with Gasteiger partial charge in [0.2, 0.25) is 0 Å². The van der Waals surface area contributed by atoms with E-state index in [1.54, 1.807) is 19.1 Å². The van der Waals surface area contributed by atoms with E-state index in [-0.39, 0.29) is 24.5 Å². The molecule has 116 valence electrons. The summed E-state index contributed by atoms with van der Waals surface area (Å²) in [6.07, 6.45) is 1.06. The van der Waals surface area contributed by atoms with Crippen LogP contribution in [0.25, 0.3) is 0 Å². The van der Waals surface area contributed by atoms with Gasteiger partial charge in [0.05, 0.1) is 11.5 Å². The standard InChI is InChI=1S/C14H20N2O5/c1-3-8-15-11(14(17)18)7-9-21-13-10(2)5-4-6-12(13)16(19)20/h4-6,11,15H,3,7-9H2,1-2H3,(H,17,18). The number of nitro groups is 1. The molecule has 0 spiro atoms. The topological polar surface area (TPSA) is 102 Å². The number of carbonyl (C=O) groups is 1. The molecule has 1 aromatic rings. The van der Waals surface area contributed by atoms with Gasteiger partial charge in [0.25, 0.3) is 0 Å². The molecule has 0 amide bonds. The van der Waals surface area contributed by atoms with Gasteiger partial charge in [-0.3, -0.25) is 14.9 Å². The number of nitro benzene ring substituents is 1. The molecule has 21 heavy (non-hydrogen) atoms. The van der Waals surface area contributed by atoms with Gasteiger partial charge < -0.3 is 15.2 Å². The van der Waals surface area contributed by atoms with Gasteiger partial charge in [-0.2, -0.15) is 0 Å². The van der Waals surface area contributed by atoms with Gasteiger partial charge in [-0.25, -0.2) is 0 Å². The zero-order valence-electron chi connectivity index (χ0n) is 12.2. The van der Waals surface area contributed by atoms with E-state index in [2.05, 4.69) is 5.32 Å². The highest BCUT2D eigenvalue weighted by atomic mass is 16.6. The molecule has 0 aliphatic heterocycles. The minimum Gasteiger partial charge on any atom is -0.487 e. The highest BCUT2D eigenvalue weighted by Crippen LogP contribution is 2.30. The number of carboxylic acids is 1. The number of nitrogens with zero attached hydrogens (tertiary/aromatic N) is 1. The smallest absolute Gasteiger partial charge is 0.320 e. The normalized spacial score (nSPS) is 11.9. The SMILES string of the molecule is CCCNC(CCOc1c(C)cccc1[N+](=O)[O-])C(=O)O. The highest BCUT2D eigenvalue weighted by Gasteiger charge is 2.19. The average molecular weight is 296 g/mol. The second-order valence-corrected chi connectivity index (χ2v) is 4.66. The predicted octanol–water partition coefficient (Wildman–Crippen LogP) is 2.12. The first-order chi connectivity index (χ1) is 9.97. The summed E-state index contributed by atoms with van der Waals surface area (Å²) < 4.78 is 5.44. The molecule has 0 fully saturated rings. The van der Waals surface area contributed by atoms with Gasteiger partial charge in [-0.15, -0.1) is 0 Å². The summed E-state index contributed by atoms with van der Waals surface area (Å²) >= 11 is 0. The van der Waals surface area contributed by atoms with Crippen molar-refractivity contribution in [3.8, 4) is 5.75 Å². The Morgan fingerprint density at radius 3 is 2.81 bits per heavy atom. The molecule has 1 aromatic carbocycles. The van der Waals surface area contributed by atoms with E-state index in [0.717, 1.165) is 6.42 Å². The molecule has 1 rings (SSSR count). The van der Waals surface area contributed by atoms with Gasteiger partial charge in [0.1, 0.15) is 6.04 Å². The lowest BCUT2D eigenvalue weighted by Crippen LogP contribution is -2.38. The minimum atomic E-state index is -0.952. The van der Waals surface area contributed by atoms with E-state index >= 15 is 0 Å². The summed E-state index contributed by atoms with van der Waals surface area (Å²) in [7, 11) is 0. The average Bonchev–Trinajstić information content (AvgIpc) is 2.43. The second-order valence-electron chi connectivity index (χ2n) is 4.66. The molecule has 7 nitrogen and oxygen atoms in total. The number of nitrogens with one attached hydrogen (secondary N) is 1. The number of benzene rings is 1. The van der Waals surface area contributed by atoms with E-state index < -0.39 is 16.9 Å². The molecule has 0 saturated heterocycles. The summed E-state index contributed by atoms with van der Waals surface area (Å²) in [5.74, 6) is -0.756. The monoisotopic (exact) mass is 296 g/mol. The van der Waals surface area contributed by atoms with Crippen molar-refractivity contribution in [2.24, 2.45) is 0 Å². The molecule has 0 bridgehead atoms. The number of aryl methyl sites for hydroxylation is 1. The Hall–Kier alpha value is -2.15. The predicted molar refractivity (Wildman–Crippen MR) is 77.7 cm³/mol. The van der Waals surface area contributed by atoms with E-state index in [9.17, 15) is 14.9 Å². The molecule has 0 saturated carbocycles. The van der Waals surface area contributed by atoms with Crippen LogP contribution in [0, 0.1) is 17.0 Å². The summed E-state index contributed by atoms with van der Waals surface area (Å²) in [5, 5.41) is 22.9. The fourth-order valence-corrected chi connectivity index (χ4v) is 1.88. The molecule has 0 heterocycles. The number of hydrogen-bond donors (Lipinski definition) is 2. The number of rotatable bonds is 9. The Morgan fingerprint density at radius 2 is 2.24 bits per heavy atom. The maximum Gasteiger partial charge on any atom is 0.320 e. The van der Waals surface area contributed by atoms with Crippen LogP contribution in [-0.2, 0) is 4.79 Å². The number of hydrogen-bond acceptors (Lipinski definition) is 5. The zero-order valence-corrected chi connectivity index (χ0v) is 12.2. The quantitative estimate of drug-likeness (QED) is 0.534. The summed E-state index contributed by atoms with van der Waals surface area (Å²) in [5.41, 5.74) is 0.543. The maximum absolute atomic E-state index is 11.1. The summed E-state index contributed by atoms with van der Waals surface area (Å²) in [6.45, 7) is 4.35. The van der Waals surface area contributed by atoms with Crippen LogP contribution in [-0.4, -0.2) is 35.2 Å². The minimum absolute atomic E-state index is 0.0966. The highest BCUT2D eigenvalue weighted by molar-refractivity contribution is 5.73. The van der Waals surface area contributed by atoms with Crippen molar-refractivity contribution < 1.29 is 19.6 Å². The second kappa shape index (κ2) is 8.21. The van der Waals surface area contributed by atoms with Gasteiger partial charge in [0.15, 0.2) is 5.75 Å². The van der Waals surface area contributed by atoms with Crippen molar-refractivity contribution in [3.05, 3.63) is 33.9 Å². The van der Waals surface area contributed by atoms with Crippen molar-refractivity contribution >= 4 is 11.7 Å². The summed E-state index contributed by atoms with van der Waals surface area (Å²) in [6, 6.07) is 3.95. The third-order valence-electron chi connectivity index (χ3n) is 2.98. The fraction of sp³-hybridized carbons (Fsp3) is 0.500. The van der Waals surface area contributed by atoms with Gasteiger partial charge in [-0.1, -0.05) is 19.1 Å². The molecular formula is C14H20N2O5. The van der Waals surface area contributed by atoms with Crippen LogP contribution in [0.5, 0.6) is 5.75 Å². The lowest BCUT2D eigenvalue weighted by Gasteiger charge is -2.15. The fourth-order valence-electron chi connectivity index (χ4n) is 1.88. The maximum atomic E-state index is 11.1. The van der Waals surface area contributed by atoms with Crippen molar-refractivity contribution in [2.75, 3.05) is 13.2 Å². The van der Waals surface area contributed by atoms with Crippen LogP contribution >= 0.6 is 0 Å². The molecular weight excluding hydrogens is 276 g/mol. The first-order valence-corrected chi connectivity index (χ1v) is 6.80. The van der Waals surface area contributed by atoms with Crippen LogP contribution < -0.4 is 10.1 Å². The van der Waals surface area contributed by atoms with Crippen molar-refractivity contribution in [2.45, 2.75) is 32.7 Å². The number of aliphatic carboxylic acids is 1. The third kappa shape index (κ3) is 5.03. The van der Waals surface area contributed by atoms with E-state index in [0.29, 0.717) is 12.1 Å². The summed E-state index contributed by atoms with van der Waals surface area (Å²) in [4.78, 5) is 21.5. The molecule has 1 atom stereocenters. The van der Waals surface area contributed by atoms with Crippen LogP contribution in [0.15, 0.2) is 18.2 Å². The number of para-hydroxylation sites is 1. The number of ether oxygens (including phenoxy) is 1. The van der Waals surface area contributed by atoms with Crippen molar-refractivity contribution in [1.82, 2.24) is 5.32 Å². The van der Waals surface area contributed by atoms with Crippen molar-refractivity contribution in [1.29, 1.82) is 0 Å². The van der Waals surface area contributed by atoms with Gasteiger partial charge >= 0.3 is 11.7 Å². The van der Waals surface area contributed by atoms with Crippen LogP contribution in [0.1, 0.15) is 25.3 Å². The van der Waals surface area contributed by atoms with E-state index in [4.69, 9.17) is 9.84 Å². The van der Waals surface area contributed by atoms with Gasteiger partial charge in [0, 0.05) is 12.5 Å². The Balaban J connectivity index is 2.66. The van der Waals surface area contributed by atoms with Crippen LogP contribution in [0.3, 0.4) is 0 Å². The molecule has 0 radical (unpaired) electrons. The molecule has 1 unspecified atom stereocenters. The Labute approximate surface area is 123 Å². The lowest BCUT2D eigenvalue weighted by atomic mass is 10.2. The van der Waals surface area contributed by atoms with Crippen LogP contribution in [0.2, 0.25) is 0 Å². The molecule has 0 aliphatic rings. The van der Waals surface area contributed by atoms with Gasteiger partial charge in [-0.05, 0) is 25.5 Å². The van der Waals surface area contributed by atoms with E-state index in [1.807, 2.05) is 6.92 Å². The molecule has 2 N–H and O–H groups in total. The first kappa shape index (κ1) is 16.9. The Kier molecular flexibility index (Phi) is 6.61.